The average molecular weight is 580 g/mol. The molecular weight excluding hydrogens is 538 g/mol. The fourth-order valence-electron chi connectivity index (χ4n) is 4.54. The fraction of sp³-hybridized carbons (Fsp3) is 0.375. The molecule has 1 N–H and O–H groups in total. The lowest BCUT2D eigenvalue weighted by atomic mass is 10.0. The summed E-state index contributed by atoms with van der Waals surface area (Å²) in [6, 6.07) is 23.0. The minimum atomic E-state index is -3.89. The van der Waals surface area contributed by atoms with Crippen LogP contribution in [0.1, 0.15) is 43.9 Å². The molecule has 0 aliphatic heterocycles. The molecule has 0 saturated heterocycles. The van der Waals surface area contributed by atoms with Gasteiger partial charge < -0.3 is 15.0 Å². The van der Waals surface area contributed by atoms with E-state index in [4.69, 9.17) is 4.74 Å². The van der Waals surface area contributed by atoms with Crippen LogP contribution in [0.15, 0.2) is 78.9 Å². The molecular formula is C32H41N3O5S. The van der Waals surface area contributed by atoms with Gasteiger partial charge in [0.25, 0.3) is 0 Å². The van der Waals surface area contributed by atoms with Crippen molar-refractivity contribution < 1.29 is 22.7 Å². The number of benzene rings is 3. The van der Waals surface area contributed by atoms with E-state index in [0.717, 1.165) is 33.7 Å². The summed E-state index contributed by atoms with van der Waals surface area (Å²) < 4.78 is 32.8. The Morgan fingerprint density at radius 1 is 0.927 bits per heavy atom. The average Bonchev–Trinajstić information content (AvgIpc) is 2.94. The van der Waals surface area contributed by atoms with E-state index in [0.29, 0.717) is 12.4 Å². The van der Waals surface area contributed by atoms with E-state index in [2.05, 4.69) is 5.32 Å². The maximum absolute atomic E-state index is 14.2. The summed E-state index contributed by atoms with van der Waals surface area (Å²) in [6.45, 7) is 7.64. The Bertz CT molecular complexity index is 1410. The molecule has 3 rings (SSSR count). The fourth-order valence-corrected chi connectivity index (χ4v) is 5.39. The van der Waals surface area contributed by atoms with Crippen LogP contribution in [0.4, 0.5) is 5.69 Å². The van der Waals surface area contributed by atoms with Gasteiger partial charge in [0, 0.05) is 19.0 Å². The number of aryl methyl sites for hydroxylation is 1. The number of rotatable bonds is 14. The summed E-state index contributed by atoms with van der Waals surface area (Å²) in [5, 5.41) is 3.04. The highest BCUT2D eigenvalue weighted by Crippen LogP contribution is 2.30. The van der Waals surface area contributed by atoms with E-state index in [9.17, 15) is 18.0 Å². The van der Waals surface area contributed by atoms with Crippen LogP contribution in [-0.2, 0) is 32.6 Å². The molecule has 220 valence electrons. The predicted octanol–water partition coefficient (Wildman–Crippen LogP) is 4.71. The van der Waals surface area contributed by atoms with E-state index in [1.165, 1.54) is 4.90 Å². The molecule has 41 heavy (non-hydrogen) atoms. The van der Waals surface area contributed by atoms with Gasteiger partial charge in [0.15, 0.2) is 0 Å². The smallest absolute Gasteiger partial charge is 0.244 e. The van der Waals surface area contributed by atoms with E-state index < -0.39 is 28.5 Å². The number of anilines is 1. The standard InChI is InChI=1S/C32H41N3O5S/c1-6-25(4)33-32(37)29(21-26-15-9-8-10-16-26)34(22-27-17-13-14-24(3)20-27)31(36)23-35(41(5,38)39)28-18-11-12-19-30(28)40-7-2/h8-20,25,29H,6-7,21-23H2,1-5H3,(H,33,37)/t25-,29+/m0/s1. The highest BCUT2D eigenvalue weighted by Gasteiger charge is 2.34. The number of carbonyl (C=O) groups is 2. The molecule has 0 spiro atoms. The highest BCUT2D eigenvalue weighted by atomic mass is 32.2. The molecule has 0 unspecified atom stereocenters. The predicted molar refractivity (Wildman–Crippen MR) is 163 cm³/mol. The Morgan fingerprint density at radius 2 is 1.59 bits per heavy atom. The largest absolute Gasteiger partial charge is 0.492 e. The van der Waals surface area contributed by atoms with Crippen LogP contribution in [0.5, 0.6) is 5.75 Å². The normalized spacial score (nSPS) is 12.7. The van der Waals surface area contributed by atoms with Gasteiger partial charge in [0.1, 0.15) is 18.3 Å². The zero-order valence-electron chi connectivity index (χ0n) is 24.5. The number of nitrogens with one attached hydrogen (secondary N) is 1. The van der Waals surface area contributed by atoms with Gasteiger partial charge in [-0.05, 0) is 50.5 Å². The van der Waals surface area contributed by atoms with Crippen molar-refractivity contribution in [2.75, 3.05) is 23.7 Å². The molecule has 2 amide bonds. The number of ether oxygens (including phenoxy) is 1. The lowest BCUT2D eigenvalue weighted by Gasteiger charge is -2.34. The number of hydrogen-bond acceptors (Lipinski definition) is 5. The first-order valence-electron chi connectivity index (χ1n) is 13.9. The third-order valence-corrected chi connectivity index (χ3v) is 7.95. The van der Waals surface area contributed by atoms with Crippen molar-refractivity contribution >= 4 is 27.5 Å². The Hall–Kier alpha value is -3.85. The quantitative estimate of drug-likeness (QED) is 0.298. The first-order valence-corrected chi connectivity index (χ1v) is 15.8. The zero-order valence-corrected chi connectivity index (χ0v) is 25.4. The van der Waals surface area contributed by atoms with Crippen LogP contribution in [0.2, 0.25) is 0 Å². The van der Waals surface area contributed by atoms with Crippen LogP contribution in [0, 0.1) is 6.92 Å². The second-order valence-corrected chi connectivity index (χ2v) is 12.1. The minimum Gasteiger partial charge on any atom is -0.492 e. The van der Waals surface area contributed by atoms with E-state index >= 15 is 0 Å². The molecule has 0 heterocycles. The van der Waals surface area contributed by atoms with Gasteiger partial charge in [-0.25, -0.2) is 8.42 Å². The summed E-state index contributed by atoms with van der Waals surface area (Å²) in [5.74, 6) is -0.429. The molecule has 0 saturated carbocycles. The number of amides is 2. The molecule has 8 nitrogen and oxygen atoms in total. The second-order valence-electron chi connectivity index (χ2n) is 10.2. The van der Waals surface area contributed by atoms with Gasteiger partial charge in [-0.3, -0.25) is 13.9 Å². The SMILES string of the molecule is CCOc1ccccc1N(CC(=O)N(Cc1cccc(C)c1)[C@H](Cc1ccccc1)C(=O)N[C@@H](C)CC)S(C)(=O)=O. The third-order valence-electron chi connectivity index (χ3n) is 6.82. The van der Waals surface area contributed by atoms with Crippen molar-refractivity contribution in [1.82, 2.24) is 10.2 Å². The number of hydrogen-bond donors (Lipinski definition) is 1. The topological polar surface area (TPSA) is 96.0 Å². The lowest BCUT2D eigenvalue weighted by molar-refractivity contribution is -0.140. The summed E-state index contributed by atoms with van der Waals surface area (Å²) in [6.07, 6.45) is 2.06. The van der Waals surface area contributed by atoms with E-state index in [1.54, 1.807) is 31.2 Å². The van der Waals surface area contributed by atoms with Gasteiger partial charge in [-0.1, -0.05) is 79.2 Å². The van der Waals surface area contributed by atoms with E-state index in [-0.39, 0.29) is 30.6 Å². The van der Waals surface area contributed by atoms with Crippen molar-refractivity contribution in [3.63, 3.8) is 0 Å². The van der Waals surface area contributed by atoms with Crippen molar-refractivity contribution in [2.24, 2.45) is 0 Å². The van der Waals surface area contributed by atoms with Gasteiger partial charge in [-0.2, -0.15) is 0 Å². The Kier molecular flexibility index (Phi) is 11.3. The third kappa shape index (κ3) is 9.08. The number of para-hydroxylation sites is 2. The maximum Gasteiger partial charge on any atom is 0.244 e. The van der Waals surface area contributed by atoms with Crippen LogP contribution >= 0.6 is 0 Å². The number of carbonyl (C=O) groups excluding carboxylic acids is 2. The second kappa shape index (κ2) is 14.7. The lowest BCUT2D eigenvalue weighted by Crippen LogP contribution is -2.54. The van der Waals surface area contributed by atoms with Gasteiger partial charge in [0.2, 0.25) is 21.8 Å². The first kappa shape index (κ1) is 31.7. The monoisotopic (exact) mass is 579 g/mol. The number of sulfonamides is 1. The molecule has 0 bridgehead atoms. The Morgan fingerprint density at radius 3 is 2.22 bits per heavy atom. The molecule has 3 aromatic carbocycles. The van der Waals surface area contributed by atoms with Gasteiger partial charge in [0.05, 0.1) is 18.6 Å². The van der Waals surface area contributed by atoms with Crippen molar-refractivity contribution in [3.8, 4) is 5.75 Å². The Balaban J connectivity index is 2.09. The number of nitrogens with zero attached hydrogens (tertiary/aromatic N) is 2. The van der Waals surface area contributed by atoms with Crippen LogP contribution in [0.3, 0.4) is 0 Å². The van der Waals surface area contributed by atoms with Gasteiger partial charge in [-0.15, -0.1) is 0 Å². The molecule has 2 atom stereocenters. The first-order chi connectivity index (χ1) is 19.5. The van der Waals surface area contributed by atoms with Crippen LogP contribution in [-0.4, -0.2) is 56.6 Å². The highest BCUT2D eigenvalue weighted by molar-refractivity contribution is 7.92. The summed E-state index contributed by atoms with van der Waals surface area (Å²) in [7, 11) is -3.89. The van der Waals surface area contributed by atoms with Crippen molar-refractivity contribution in [3.05, 3.63) is 95.6 Å². The Labute approximate surface area is 244 Å². The molecule has 3 aromatic rings. The van der Waals surface area contributed by atoms with Crippen molar-refractivity contribution in [2.45, 2.75) is 59.2 Å². The molecule has 9 heteroatoms. The van der Waals surface area contributed by atoms with Crippen LogP contribution in [0.25, 0.3) is 0 Å². The molecule has 0 aliphatic rings. The summed E-state index contributed by atoms with van der Waals surface area (Å²) in [4.78, 5) is 29.5. The molecule has 0 aliphatic carbocycles. The maximum atomic E-state index is 14.2. The molecule has 0 radical (unpaired) electrons. The van der Waals surface area contributed by atoms with Crippen LogP contribution < -0.4 is 14.4 Å². The minimum absolute atomic E-state index is 0.0951. The summed E-state index contributed by atoms with van der Waals surface area (Å²) >= 11 is 0. The van der Waals surface area contributed by atoms with E-state index in [1.807, 2.05) is 75.4 Å². The van der Waals surface area contributed by atoms with Gasteiger partial charge >= 0.3 is 0 Å². The molecule has 0 aromatic heterocycles. The zero-order chi connectivity index (χ0) is 30.0. The molecule has 0 fully saturated rings. The van der Waals surface area contributed by atoms with Crippen molar-refractivity contribution in [1.29, 1.82) is 0 Å². The summed E-state index contributed by atoms with van der Waals surface area (Å²) in [5.41, 5.74) is 3.01.